The summed E-state index contributed by atoms with van der Waals surface area (Å²) < 4.78 is 11.1. The number of aromatic hydroxyl groups is 1. The molecule has 11 heteroatoms. The second-order valence-corrected chi connectivity index (χ2v) is 9.76. The molecule has 0 aromatic rings. The zero-order valence-corrected chi connectivity index (χ0v) is 21.9. The molecule has 0 bridgehead atoms. The van der Waals surface area contributed by atoms with E-state index < -0.39 is 11.5 Å². The number of hydrogen-bond acceptors (Lipinski definition) is 9. The number of esters is 2. The third-order valence-corrected chi connectivity index (χ3v) is 5.82. The molecule has 0 aromatic heterocycles. The summed E-state index contributed by atoms with van der Waals surface area (Å²) in [5, 5.41) is 16.6. The van der Waals surface area contributed by atoms with Crippen molar-refractivity contribution in [3.8, 4) is 17.3 Å². The molecule has 0 radical (unpaired) electrons. The van der Waals surface area contributed by atoms with Crippen molar-refractivity contribution < 1.29 is 29.0 Å². The Morgan fingerprint density at radius 1 is 1.08 bits per heavy atom. The van der Waals surface area contributed by atoms with Gasteiger partial charge in [-0.2, -0.15) is 0 Å². The van der Waals surface area contributed by atoms with Gasteiger partial charge in [0.05, 0.1) is 26.1 Å². The van der Waals surface area contributed by atoms with E-state index in [-0.39, 0.29) is 30.1 Å². The van der Waals surface area contributed by atoms with Gasteiger partial charge in [-0.25, -0.2) is 9.97 Å². The van der Waals surface area contributed by atoms with Gasteiger partial charge in [-0.3, -0.25) is 14.4 Å². The Morgan fingerprint density at radius 3 is 2.44 bits per heavy atom. The first-order valence-electron chi connectivity index (χ1n) is 12.3. The van der Waals surface area contributed by atoms with Gasteiger partial charge in [0.15, 0.2) is 5.82 Å². The highest BCUT2D eigenvalue weighted by atomic mass is 16.5. The third kappa shape index (κ3) is 8.78. The first-order chi connectivity index (χ1) is 17.1. The van der Waals surface area contributed by atoms with Crippen LogP contribution in [0.5, 0.6) is 5.88 Å². The average Bonchev–Trinajstić information content (AvgIpc) is 3.25. The molecule has 0 aliphatic carbocycles. The highest BCUT2D eigenvalue weighted by Crippen LogP contribution is 2.32. The van der Waals surface area contributed by atoms with Crippen molar-refractivity contribution >= 4 is 23.7 Å². The number of methoxy groups -OCH3 is 2. The van der Waals surface area contributed by atoms with E-state index in [1.165, 1.54) is 14.2 Å². The van der Waals surface area contributed by atoms with Crippen molar-refractivity contribution in [2.45, 2.75) is 78.3 Å². The van der Waals surface area contributed by atoms with E-state index in [4.69, 9.17) is 4.74 Å². The number of rotatable bonds is 14. The minimum absolute atomic E-state index is 0.0776. The molecule has 2 rings (SSSR count). The van der Waals surface area contributed by atoms with Crippen LogP contribution >= 0.6 is 0 Å². The smallest absolute Gasteiger partial charge is 0.322 e. The van der Waals surface area contributed by atoms with Crippen molar-refractivity contribution in [1.29, 1.82) is 0 Å². The summed E-state index contributed by atoms with van der Waals surface area (Å²) in [5.41, 5.74) is -0.0513. The van der Waals surface area contributed by atoms with Gasteiger partial charge < -0.3 is 29.8 Å². The number of anilines is 1. The first-order valence-corrected chi connectivity index (χ1v) is 12.3. The third-order valence-electron chi connectivity index (χ3n) is 5.82. The lowest BCUT2D eigenvalue weighted by Gasteiger charge is -2.16. The second-order valence-electron chi connectivity index (χ2n) is 9.76. The van der Waals surface area contributed by atoms with Crippen LogP contribution in [0.4, 0.5) is 5.82 Å². The van der Waals surface area contributed by atoms with Crippen molar-refractivity contribution in [1.82, 2.24) is 19.9 Å². The van der Waals surface area contributed by atoms with E-state index in [0.717, 1.165) is 32.1 Å². The molecule has 36 heavy (non-hydrogen) atoms. The van der Waals surface area contributed by atoms with Crippen LogP contribution in [-0.2, 0) is 30.4 Å². The van der Waals surface area contributed by atoms with E-state index in [1.54, 1.807) is 17.0 Å². The Kier molecular flexibility index (Phi) is 11.1. The van der Waals surface area contributed by atoms with Gasteiger partial charge in [-0.1, -0.05) is 40.0 Å². The molecule has 0 saturated heterocycles. The molecule has 1 amide bonds. The summed E-state index contributed by atoms with van der Waals surface area (Å²) in [6, 6.07) is 1.11. The van der Waals surface area contributed by atoms with E-state index in [0.29, 0.717) is 36.7 Å². The van der Waals surface area contributed by atoms with Gasteiger partial charge >= 0.3 is 11.9 Å². The van der Waals surface area contributed by atoms with Gasteiger partial charge in [0, 0.05) is 18.4 Å². The number of amides is 1. The molecule has 11 nitrogen and oxygen atoms in total. The number of aromatic nitrogens is 3. The van der Waals surface area contributed by atoms with E-state index >= 15 is 0 Å². The SMILES string of the molecule is COC(=O)CC[C@H](NCCCCCCCn1cnc2nc(NC(=O)C(C)(C)C)cc-2c1O)C(=O)OC. The van der Waals surface area contributed by atoms with Gasteiger partial charge in [0.2, 0.25) is 11.8 Å². The number of nitrogens with one attached hydrogen (secondary N) is 2. The summed E-state index contributed by atoms with van der Waals surface area (Å²) in [5.74, 6) is -0.0591. The van der Waals surface area contributed by atoms with Crippen LogP contribution < -0.4 is 10.6 Å². The number of aryl methyl sites for hydroxylation is 1. The maximum Gasteiger partial charge on any atom is 0.322 e. The second kappa shape index (κ2) is 13.8. The van der Waals surface area contributed by atoms with Crippen molar-refractivity contribution in [3.05, 3.63) is 12.4 Å². The van der Waals surface area contributed by atoms with Crippen LogP contribution in [0.1, 0.15) is 65.7 Å². The monoisotopic (exact) mass is 505 g/mol. The molecule has 1 atom stereocenters. The lowest BCUT2D eigenvalue weighted by molar-refractivity contribution is -0.144. The van der Waals surface area contributed by atoms with Gasteiger partial charge in [0.25, 0.3) is 0 Å². The van der Waals surface area contributed by atoms with E-state index in [2.05, 4.69) is 25.3 Å². The van der Waals surface area contributed by atoms with Crippen molar-refractivity contribution in [2.75, 3.05) is 26.1 Å². The number of carbonyl (C=O) groups excluding carboxylic acids is 3. The number of ether oxygens (including phenoxy) is 2. The van der Waals surface area contributed by atoms with Crippen molar-refractivity contribution in [2.24, 2.45) is 5.41 Å². The maximum atomic E-state index is 12.2. The van der Waals surface area contributed by atoms with Crippen LogP contribution in [0.2, 0.25) is 0 Å². The van der Waals surface area contributed by atoms with Gasteiger partial charge in [-0.05, 0) is 31.9 Å². The molecule has 0 saturated carbocycles. The lowest BCUT2D eigenvalue weighted by Crippen LogP contribution is -2.38. The molecule has 0 aromatic carbocycles. The average molecular weight is 506 g/mol. The highest BCUT2D eigenvalue weighted by Gasteiger charge is 2.24. The minimum atomic E-state index is -0.551. The van der Waals surface area contributed by atoms with E-state index in [1.807, 2.05) is 20.8 Å². The molecular formula is C25H39N5O6. The fourth-order valence-corrected chi connectivity index (χ4v) is 3.56. The zero-order valence-electron chi connectivity index (χ0n) is 21.9. The number of carbonyl (C=O) groups is 3. The molecule has 200 valence electrons. The predicted molar refractivity (Wildman–Crippen MR) is 135 cm³/mol. The fraction of sp³-hybridized carbons (Fsp3) is 0.640. The van der Waals surface area contributed by atoms with Crippen LogP contribution in [0.25, 0.3) is 11.4 Å². The van der Waals surface area contributed by atoms with Crippen LogP contribution in [0, 0.1) is 5.41 Å². The molecule has 2 aliphatic rings. The molecule has 0 fully saturated rings. The molecule has 3 N–H and O–H groups in total. The molecular weight excluding hydrogens is 466 g/mol. The summed E-state index contributed by atoms with van der Waals surface area (Å²) in [6.45, 7) is 6.71. The summed E-state index contributed by atoms with van der Waals surface area (Å²) in [7, 11) is 2.65. The molecule has 0 spiro atoms. The van der Waals surface area contributed by atoms with E-state index in [9.17, 15) is 19.5 Å². The maximum absolute atomic E-state index is 12.2. The Morgan fingerprint density at radius 2 is 1.78 bits per heavy atom. The Bertz CT molecular complexity index is 984. The number of nitrogens with zero attached hydrogens (tertiary/aromatic N) is 3. The first kappa shape index (κ1) is 29.0. The normalized spacial score (nSPS) is 12.4. The standard InChI is InChI=1S/C25H39N5O6/c1-25(2,3)24(34)29-19-15-17-21(28-19)27-16-30(22(17)32)14-10-8-6-7-9-13-26-18(23(33)36-5)11-12-20(31)35-4/h15-16,18,26,32H,6-14H2,1-5H3,(H,29,34)/t18-/m0/s1. The fourth-order valence-electron chi connectivity index (χ4n) is 3.56. The molecule has 0 unspecified atom stereocenters. The molecule has 2 heterocycles. The van der Waals surface area contributed by atoms with Gasteiger partial charge in [-0.15, -0.1) is 0 Å². The highest BCUT2D eigenvalue weighted by molar-refractivity contribution is 5.94. The van der Waals surface area contributed by atoms with Crippen LogP contribution in [-0.4, -0.2) is 64.3 Å². The summed E-state index contributed by atoms with van der Waals surface area (Å²) >= 11 is 0. The Labute approximate surface area is 212 Å². The topological polar surface area (TPSA) is 145 Å². The molecule has 2 aliphatic heterocycles. The van der Waals surface area contributed by atoms with Gasteiger partial charge in [0.1, 0.15) is 11.9 Å². The van der Waals surface area contributed by atoms with Crippen LogP contribution in [0.15, 0.2) is 12.4 Å². The number of fused-ring (bicyclic) bond motifs is 1. The van der Waals surface area contributed by atoms with Crippen molar-refractivity contribution in [3.63, 3.8) is 0 Å². The Balaban J connectivity index is 1.73. The largest absolute Gasteiger partial charge is 0.494 e. The minimum Gasteiger partial charge on any atom is -0.494 e. The predicted octanol–water partition coefficient (Wildman–Crippen LogP) is 3.11. The number of unbranched alkanes of at least 4 members (excludes halogenated alkanes) is 4. The lowest BCUT2D eigenvalue weighted by atomic mass is 9.96. The Hall–Kier alpha value is -3.21. The quantitative estimate of drug-likeness (QED) is 0.260. The summed E-state index contributed by atoms with van der Waals surface area (Å²) in [6.07, 6.45) is 6.76. The summed E-state index contributed by atoms with van der Waals surface area (Å²) in [4.78, 5) is 44.0. The number of hydrogen-bond donors (Lipinski definition) is 3. The van der Waals surface area contributed by atoms with Crippen LogP contribution in [0.3, 0.4) is 0 Å². The zero-order chi connectivity index (χ0) is 26.7.